The van der Waals surface area contributed by atoms with Crippen molar-refractivity contribution in [3.63, 3.8) is 0 Å². The molecule has 0 aliphatic carbocycles. The quantitative estimate of drug-likeness (QED) is 0.802. The number of benzene rings is 1. The summed E-state index contributed by atoms with van der Waals surface area (Å²) in [4.78, 5) is 1.23. The molecule has 0 N–H and O–H groups in total. The lowest BCUT2D eigenvalue weighted by Crippen LogP contribution is -2.37. The molecule has 0 atom stereocenters. The average Bonchev–Trinajstić information content (AvgIpc) is 2.38. The summed E-state index contributed by atoms with van der Waals surface area (Å²) in [7, 11) is -4.91. The second-order valence-corrected chi connectivity index (χ2v) is 6.67. The molecule has 0 radical (unpaired) electrons. The molecule has 19 heavy (non-hydrogen) atoms. The Morgan fingerprint density at radius 1 is 1.21 bits per heavy atom. The van der Waals surface area contributed by atoms with Crippen molar-refractivity contribution in [3.05, 3.63) is 24.3 Å². The molecule has 0 amide bonds. The lowest BCUT2D eigenvalue weighted by molar-refractivity contribution is 0.122. The van der Waals surface area contributed by atoms with Gasteiger partial charge in [-0.25, -0.2) is 8.42 Å². The van der Waals surface area contributed by atoms with Gasteiger partial charge in [0.1, 0.15) is 0 Å². The molecule has 1 heterocycles. The summed E-state index contributed by atoms with van der Waals surface area (Å²) in [6.07, 6.45) is 0. The fourth-order valence-corrected chi connectivity index (χ4v) is 3.10. The van der Waals surface area contributed by atoms with Crippen molar-refractivity contribution in [2.75, 3.05) is 31.2 Å². The van der Waals surface area contributed by atoms with Gasteiger partial charge in [-0.1, -0.05) is 12.1 Å². The zero-order chi connectivity index (χ0) is 14.1. The summed E-state index contributed by atoms with van der Waals surface area (Å²) in [5.41, 5.74) is 0.228. The Balaban J connectivity index is 2.47. The van der Waals surface area contributed by atoms with Gasteiger partial charge in [-0.2, -0.15) is 8.78 Å². The normalized spacial score (nSPS) is 17.5. The van der Waals surface area contributed by atoms with Crippen LogP contribution in [0.4, 0.5) is 14.5 Å². The molecule has 106 valence electrons. The Labute approximate surface area is 114 Å². The minimum absolute atomic E-state index is 0.228. The molecular formula is C11H12ClF2NO3S. The number of ether oxygens (including phenoxy) is 1. The van der Waals surface area contributed by atoms with Gasteiger partial charge in [0.15, 0.2) is 0 Å². The van der Waals surface area contributed by atoms with E-state index in [2.05, 4.69) is 0 Å². The number of rotatable bonds is 3. The summed E-state index contributed by atoms with van der Waals surface area (Å²) >= 11 is 4.71. The number of alkyl halides is 3. The molecule has 1 aliphatic heterocycles. The van der Waals surface area contributed by atoms with E-state index in [1.807, 2.05) is 0 Å². The minimum Gasteiger partial charge on any atom is -0.378 e. The summed E-state index contributed by atoms with van der Waals surface area (Å²) in [5.74, 6) is 0. The first-order valence-electron chi connectivity index (χ1n) is 5.57. The maximum atomic E-state index is 13.1. The molecule has 0 spiro atoms. The predicted molar refractivity (Wildman–Crippen MR) is 67.5 cm³/mol. The molecule has 1 aromatic rings. The van der Waals surface area contributed by atoms with Crippen molar-refractivity contribution >= 4 is 27.1 Å². The van der Waals surface area contributed by atoms with Crippen LogP contribution in [0.2, 0.25) is 0 Å². The summed E-state index contributed by atoms with van der Waals surface area (Å²) in [5, 5.41) is 0. The topological polar surface area (TPSA) is 46.6 Å². The molecule has 2 rings (SSSR count). The highest BCUT2D eigenvalue weighted by Gasteiger charge is 2.45. The Hall–Kier alpha value is -0.920. The lowest BCUT2D eigenvalue weighted by Gasteiger charge is -2.30. The van der Waals surface area contributed by atoms with E-state index in [9.17, 15) is 17.2 Å². The highest BCUT2D eigenvalue weighted by molar-refractivity contribution is 7.93. The highest BCUT2D eigenvalue weighted by Crippen LogP contribution is 2.37. The van der Waals surface area contributed by atoms with Gasteiger partial charge in [-0.05, 0) is 23.7 Å². The van der Waals surface area contributed by atoms with Gasteiger partial charge in [-0.15, -0.1) is 0 Å². The maximum Gasteiger partial charge on any atom is 0.427 e. The van der Waals surface area contributed by atoms with Crippen LogP contribution in [0.15, 0.2) is 29.2 Å². The predicted octanol–water partition coefficient (Wildman–Crippen LogP) is 2.09. The van der Waals surface area contributed by atoms with Crippen molar-refractivity contribution in [3.8, 4) is 0 Å². The van der Waals surface area contributed by atoms with Crippen molar-refractivity contribution in [1.29, 1.82) is 0 Å². The van der Waals surface area contributed by atoms with Crippen molar-refractivity contribution in [2.24, 2.45) is 0 Å². The fraction of sp³-hybridized carbons (Fsp3) is 0.455. The Bertz CT molecular complexity index is 553. The molecule has 1 aliphatic rings. The first kappa shape index (κ1) is 14.5. The zero-order valence-corrected chi connectivity index (χ0v) is 11.4. The molecular weight excluding hydrogens is 300 g/mol. The van der Waals surface area contributed by atoms with Gasteiger partial charge >= 0.3 is 4.71 Å². The number of hydrogen-bond donors (Lipinski definition) is 0. The van der Waals surface area contributed by atoms with Crippen molar-refractivity contribution < 1.29 is 21.9 Å². The number of sulfone groups is 1. The highest BCUT2D eigenvalue weighted by atomic mass is 35.5. The van der Waals surface area contributed by atoms with E-state index in [4.69, 9.17) is 16.3 Å². The number of hydrogen-bond acceptors (Lipinski definition) is 4. The number of halogens is 3. The van der Waals surface area contributed by atoms with Crippen molar-refractivity contribution in [2.45, 2.75) is 9.61 Å². The molecule has 0 bridgehead atoms. The summed E-state index contributed by atoms with van der Waals surface area (Å²) in [6, 6.07) is 5.60. The van der Waals surface area contributed by atoms with Gasteiger partial charge in [0.25, 0.3) is 9.84 Å². The number of para-hydroxylation sites is 1. The van der Waals surface area contributed by atoms with Crippen LogP contribution in [-0.2, 0) is 14.6 Å². The number of morpholine rings is 1. The van der Waals surface area contributed by atoms with Gasteiger partial charge < -0.3 is 9.64 Å². The van der Waals surface area contributed by atoms with E-state index in [0.717, 1.165) is 6.07 Å². The molecule has 1 aromatic carbocycles. The van der Waals surface area contributed by atoms with Crippen LogP contribution in [0.3, 0.4) is 0 Å². The van der Waals surface area contributed by atoms with Gasteiger partial charge in [0, 0.05) is 13.1 Å². The Morgan fingerprint density at radius 2 is 1.79 bits per heavy atom. The van der Waals surface area contributed by atoms with E-state index in [1.54, 1.807) is 11.0 Å². The summed E-state index contributed by atoms with van der Waals surface area (Å²) in [6.45, 7) is 1.73. The maximum absolute atomic E-state index is 13.1. The van der Waals surface area contributed by atoms with Crippen LogP contribution in [0.1, 0.15) is 0 Å². The van der Waals surface area contributed by atoms with Crippen LogP contribution in [0.25, 0.3) is 0 Å². The third-order valence-corrected chi connectivity index (χ3v) is 4.95. The molecule has 0 aromatic heterocycles. The van der Waals surface area contributed by atoms with Crippen molar-refractivity contribution in [1.82, 2.24) is 0 Å². The molecule has 8 heteroatoms. The first-order valence-corrected chi connectivity index (χ1v) is 7.43. The van der Waals surface area contributed by atoms with Crippen LogP contribution >= 0.6 is 11.6 Å². The number of anilines is 1. The van der Waals surface area contributed by atoms with E-state index < -0.39 is 19.4 Å². The van der Waals surface area contributed by atoms with Crippen LogP contribution in [0, 0.1) is 0 Å². The standard InChI is InChI=1S/C11H12ClF2NO3S/c12-11(13,14)19(16,17)10-4-2-1-3-9(10)15-5-7-18-8-6-15/h1-4H,5-8H2. The van der Waals surface area contributed by atoms with Crippen LogP contribution in [-0.4, -0.2) is 39.4 Å². The first-order chi connectivity index (χ1) is 8.84. The lowest BCUT2D eigenvalue weighted by atomic mass is 10.2. The van der Waals surface area contributed by atoms with E-state index >= 15 is 0 Å². The monoisotopic (exact) mass is 311 g/mol. The van der Waals surface area contributed by atoms with E-state index in [0.29, 0.717) is 26.3 Å². The zero-order valence-electron chi connectivity index (χ0n) is 9.85. The summed E-state index contributed by atoms with van der Waals surface area (Å²) < 4.78 is 50.5. The largest absolute Gasteiger partial charge is 0.427 e. The van der Waals surface area contributed by atoms with Crippen LogP contribution in [0.5, 0.6) is 0 Å². The van der Waals surface area contributed by atoms with Gasteiger partial charge in [-0.3, -0.25) is 0 Å². The Morgan fingerprint density at radius 3 is 2.37 bits per heavy atom. The van der Waals surface area contributed by atoms with Gasteiger partial charge in [0.2, 0.25) is 0 Å². The second-order valence-electron chi connectivity index (χ2n) is 4.02. The SMILES string of the molecule is O=S(=O)(c1ccccc1N1CCOCC1)C(F)(F)Cl. The molecule has 0 saturated carbocycles. The fourth-order valence-electron chi connectivity index (χ4n) is 1.87. The Kier molecular flexibility index (Phi) is 3.98. The third-order valence-electron chi connectivity index (χ3n) is 2.81. The van der Waals surface area contributed by atoms with Crippen LogP contribution < -0.4 is 4.90 Å². The average molecular weight is 312 g/mol. The molecule has 1 saturated heterocycles. The molecule has 1 fully saturated rings. The van der Waals surface area contributed by atoms with E-state index in [1.165, 1.54) is 12.1 Å². The van der Waals surface area contributed by atoms with Gasteiger partial charge in [0.05, 0.1) is 23.8 Å². The van der Waals surface area contributed by atoms with E-state index in [-0.39, 0.29) is 5.69 Å². The third kappa shape index (κ3) is 2.82. The smallest absolute Gasteiger partial charge is 0.378 e. The molecule has 4 nitrogen and oxygen atoms in total. The minimum atomic E-state index is -4.91. The second kappa shape index (κ2) is 5.22. The number of nitrogens with zero attached hydrogens (tertiary/aromatic N) is 1. The molecule has 0 unspecified atom stereocenters.